The summed E-state index contributed by atoms with van der Waals surface area (Å²) in [7, 11) is 3.37. The molecule has 2 aromatic carbocycles. The second-order valence-corrected chi connectivity index (χ2v) is 8.10. The first-order valence-electron chi connectivity index (χ1n) is 10.0. The van der Waals surface area contributed by atoms with E-state index in [0.717, 1.165) is 16.7 Å². The van der Waals surface area contributed by atoms with Gasteiger partial charge >= 0.3 is 0 Å². The average Bonchev–Trinajstić information content (AvgIpc) is 2.68. The van der Waals surface area contributed by atoms with Crippen LogP contribution in [0.2, 0.25) is 0 Å². The Kier molecular flexibility index (Phi) is 5.92. The van der Waals surface area contributed by atoms with E-state index in [1.54, 1.807) is 36.9 Å². The molecule has 30 heavy (non-hydrogen) atoms. The first-order valence-corrected chi connectivity index (χ1v) is 10.0. The molecular formula is C25H29NO4. The minimum absolute atomic E-state index is 0.0224. The number of phenolic OH excluding ortho intramolecular Hbond substituents is 2. The van der Waals surface area contributed by atoms with Gasteiger partial charge in [0.15, 0.2) is 0 Å². The molecule has 3 rings (SSSR count). The number of hydrogen-bond acceptors (Lipinski definition) is 4. The van der Waals surface area contributed by atoms with Gasteiger partial charge in [-0.1, -0.05) is 29.4 Å². The normalized spacial score (nSPS) is 11.0. The molecule has 0 aliphatic heterocycles. The van der Waals surface area contributed by atoms with E-state index in [1.165, 1.54) is 0 Å². The lowest BCUT2D eigenvalue weighted by atomic mass is 9.94. The molecule has 5 nitrogen and oxygen atoms in total. The summed E-state index contributed by atoms with van der Waals surface area (Å²) in [6, 6.07) is 4.87. The monoisotopic (exact) mass is 407 g/mol. The number of aryl methyl sites for hydroxylation is 1. The fourth-order valence-corrected chi connectivity index (χ4v) is 3.95. The molecule has 0 radical (unpaired) electrons. The van der Waals surface area contributed by atoms with Crippen LogP contribution < -0.4 is 10.2 Å². The molecule has 0 atom stereocenters. The molecular weight excluding hydrogens is 378 g/mol. The predicted molar refractivity (Wildman–Crippen MR) is 123 cm³/mol. The molecule has 5 heteroatoms. The standard InChI is InChI=1S/C25H29NO4/c1-14(2)10-12-17-22-20(24(29)18(25(17)30-6)13-11-15(3)4)23(28)16-8-7-9-19(27)21(16)26(22)5/h7-11,27,29H,12-13H2,1-6H3. The number of methoxy groups -OCH3 is 1. The van der Waals surface area contributed by atoms with Crippen molar-refractivity contribution in [3.05, 3.63) is 62.8 Å². The highest BCUT2D eigenvalue weighted by atomic mass is 16.5. The van der Waals surface area contributed by atoms with E-state index in [1.807, 2.05) is 33.8 Å². The number of benzene rings is 2. The van der Waals surface area contributed by atoms with Gasteiger partial charge in [0.25, 0.3) is 0 Å². The van der Waals surface area contributed by atoms with Crippen molar-refractivity contribution in [2.75, 3.05) is 7.11 Å². The van der Waals surface area contributed by atoms with Crippen molar-refractivity contribution < 1.29 is 14.9 Å². The highest BCUT2D eigenvalue weighted by molar-refractivity contribution is 6.01. The number of para-hydroxylation sites is 1. The Balaban J connectivity index is 2.61. The van der Waals surface area contributed by atoms with E-state index in [2.05, 4.69) is 6.08 Å². The Bertz CT molecular complexity index is 1250. The summed E-state index contributed by atoms with van der Waals surface area (Å²) in [6.45, 7) is 8.01. The lowest BCUT2D eigenvalue weighted by Crippen LogP contribution is -2.13. The van der Waals surface area contributed by atoms with Gasteiger partial charge < -0.3 is 19.5 Å². The van der Waals surface area contributed by atoms with Crippen molar-refractivity contribution in [2.45, 2.75) is 40.5 Å². The van der Waals surface area contributed by atoms with Crippen LogP contribution in [-0.2, 0) is 19.9 Å². The maximum absolute atomic E-state index is 13.4. The van der Waals surface area contributed by atoms with Crippen LogP contribution in [0, 0.1) is 0 Å². The molecule has 0 aliphatic carbocycles. The summed E-state index contributed by atoms with van der Waals surface area (Å²) in [5, 5.41) is 22.3. The summed E-state index contributed by atoms with van der Waals surface area (Å²) in [5.74, 6) is 0.528. The number of fused-ring (bicyclic) bond motifs is 2. The molecule has 0 saturated heterocycles. The molecule has 3 aromatic rings. The molecule has 0 saturated carbocycles. The number of phenols is 2. The minimum Gasteiger partial charge on any atom is -0.507 e. The zero-order chi connectivity index (χ0) is 22.2. The second-order valence-electron chi connectivity index (χ2n) is 8.10. The van der Waals surface area contributed by atoms with Crippen LogP contribution in [-0.4, -0.2) is 21.9 Å². The molecule has 0 bridgehead atoms. The maximum atomic E-state index is 13.4. The number of pyridine rings is 1. The molecule has 1 aromatic heterocycles. The molecule has 0 fully saturated rings. The Morgan fingerprint density at radius 3 is 2.17 bits per heavy atom. The molecule has 1 heterocycles. The third-order valence-corrected chi connectivity index (χ3v) is 5.38. The first kappa shape index (κ1) is 21.5. The third-order valence-electron chi connectivity index (χ3n) is 5.38. The lowest BCUT2D eigenvalue weighted by Gasteiger charge is -2.21. The summed E-state index contributed by atoms with van der Waals surface area (Å²) < 4.78 is 7.55. The molecule has 0 spiro atoms. The number of nitrogens with zero attached hydrogens (tertiary/aromatic N) is 1. The summed E-state index contributed by atoms with van der Waals surface area (Å²) in [5.41, 5.74) is 4.37. The van der Waals surface area contributed by atoms with Crippen LogP contribution in [0.1, 0.15) is 38.8 Å². The van der Waals surface area contributed by atoms with Crippen molar-refractivity contribution in [3.8, 4) is 17.2 Å². The van der Waals surface area contributed by atoms with E-state index < -0.39 is 0 Å². The van der Waals surface area contributed by atoms with Gasteiger partial charge in [0.05, 0.1) is 28.9 Å². The Hall–Kier alpha value is -3.21. The van der Waals surface area contributed by atoms with Gasteiger partial charge in [0.2, 0.25) is 5.43 Å². The van der Waals surface area contributed by atoms with Gasteiger partial charge in [-0.25, -0.2) is 0 Å². The van der Waals surface area contributed by atoms with Gasteiger partial charge in [-0.2, -0.15) is 0 Å². The van der Waals surface area contributed by atoms with Crippen molar-refractivity contribution in [1.29, 1.82) is 0 Å². The number of hydrogen-bond donors (Lipinski definition) is 2. The van der Waals surface area contributed by atoms with Gasteiger partial charge in [-0.15, -0.1) is 0 Å². The van der Waals surface area contributed by atoms with Crippen molar-refractivity contribution in [1.82, 2.24) is 4.57 Å². The molecule has 158 valence electrons. The Morgan fingerprint density at radius 1 is 1.00 bits per heavy atom. The molecule has 0 unspecified atom stereocenters. The number of rotatable bonds is 5. The number of aromatic nitrogens is 1. The quantitative estimate of drug-likeness (QED) is 0.454. The fourth-order valence-electron chi connectivity index (χ4n) is 3.95. The fraction of sp³-hybridized carbons (Fsp3) is 0.320. The highest BCUT2D eigenvalue weighted by Crippen LogP contribution is 2.41. The minimum atomic E-state index is -0.300. The predicted octanol–water partition coefficient (Wildman–Crippen LogP) is 5.13. The first-order chi connectivity index (χ1) is 14.2. The van der Waals surface area contributed by atoms with E-state index >= 15 is 0 Å². The topological polar surface area (TPSA) is 71.7 Å². The van der Waals surface area contributed by atoms with Crippen LogP contribution in [0.4, 0.5) is 0 Å². The molecule has 2 N–H and O–H groups in total. The van der Waals surface area contributed by atoms with E-state index in [4.69, 9.17) is 4.74 Å². The van der Waals surface area contributed by atoms with E-state index in [9.17, 15) is 15.0 Å². The number of ether oxygens (including phenoxy) is 1. The average molecular weight is 408 g/mol. The Morgan fingerprint density at radius 2 is 1.60 bits per heavy atom. The smallest absolute Gasteiger partial charge is 0.201 e. The van der Waals surface area contributed by atoms with Gasteiger partial charge in [-0.3, -0.25) is 4.79 Å². The lowest BCUT2D eigenvalue weighted by molar-refractivity contribution is 0.399. The highest BCUT2D eigenvalue weighted by Gasteiger charge is 2.24. The van der Waals surface area contributed by atoms with E-state index in [0.29, 0.717) is 40.6 Å². The van der Waals surface area contributed by atoms with Crippen LogP contribution in [0.3, 0.4) is 0 Å². The SMILES string of the molecule is COc1c(CC=C(C)C)c(O)c2c(=O)c3cccc(O)c3n(C)c2c1CC=C(C)C. The maximum Gasteiger partial charge on any atom is 0.201 e. The number of aromatic hydroxyl groups is 2. The van der Waals surface area contributed by atoms with Crippen LogP contribution >= 0.6 is 0 Å². The van der Waals surface area contributed by atoms with Gasteiger partial charge in [0, 0.05) is 18.2 Å². The van der Waals surface area contributed by atoms with Crippen LogP contribution in [0.15, 0.2) is 46.3 Å². The Labute approximate surface area is 176 Å². The number of allylic oxidation sites excluding steroid dienone is 4. The summed E-state index contributed by atoms with van der Waals surface area (Å²) in [4.78, 5) is 13.4. The summed E-state index contributed by atoms with van der Waals surface area (Å²) in [6.07, 6.45) is 5.07. The summed E-state index contributed by atoms with van der Waals surface area (Å²) >= 11 is 0. The van der Waals surface area contributed by atoms with Crippen molar-refractivity contribution in [2.24, 2.45) is 7.05 Å². The molecule has 0 aliphatic rings. The zero-order valence-corrected chi connectivity index (χ0v) is 18.5. The van der Waals surface area contributed by atoms with Gasteiger partial charge in [-0.05, 0) is 52.7 Å². The largest absolute Gasteiger partial charge is 0.507 e. The second kappa shape index (κ2) is 8.27. The van der Waals surface area contributed by atoms with Crippen LogP contribution in [0.25, 0.3) is 21.8 Å². The molecule has 0 amide bonds. The van der Waals surface area contributed by atoms with Crippen LogP contribution in [0.5, 0.6) is 17.2 Å². The van der Waals surface area contributed by atoms with E-state index in [-0.39, 0.29) is 22.3 Å². The van der Waals surface area contributed by atoms with Crippen molar-refractivity contribution in [3.63, 3.8) is 0 Å². The van der Waals surface area contributed by atoms with Crippen molar-refractivity contribution >= 4 is 21.8 Å². The zero-order valence-electron chi connectivity index (χ0n) is 18.5. The third kappa shape index (κ3) is 3.56. The van der Waals surface area contributed by atoms with Gasteiger partial charge in [0.1, 0.15) is 17.2 Å².